The molecule has 0 aliphatic carbocycles. The second-order valence-corrected chi connectivity index (χ2v) is 22.3. The van der Waals surface area contributed by atoms with Gasteiger partial charge in [0.05, 0.1) is 50.3 Å². The molecule has 5 saturated heterocycles. The topological polar surface area (TPSA) is 505 Å². The minimum Gasteiger partial charge on any atom is -0.479 e. The minimum atomic E-state index is -5.59. The monoisotopic (exact) mass is 1150 g/mol. The number of nitrogens with zero attached hydrogens (tertiary/aromatic N) is 1. The predicted molar refractivity (Wildman–Crippen MR) is 227 cm³/mol. The summed E-state index contributed by atoms with van der Waals surface area (Å²) < 4.78 is 200. The highest BCUT2D eigenvalue weighted by molar-refractivity contribution is 7.81. The molecule has 5 fully saturated rings. The van der Waals surface area contributed by atoms with E-state index in [4.69, 9.17) is 51.7 Å². The number of nitroso groups, excluding NO2 is 1. The zero-order chi connectivity index (χ0) is 55.0. The largest absolute Gasteiger partial charge is 0.479 e. The lowest BCUT2D eigenvalue weighted by molar-refractivity contribution is -0.372. The quantitative estimate of drug-likeness (QED) is 0.0384. The predicted octanol–water partition coefficient (Wildman–Crippen LogP) is -4.35. The van der Waals surface area contributed by atoms with Crippen molar-refractivity contribution in [3.63, 3.8) is 0 Å². The Bertz CT molecular complexity index is 2330. The van der Waals surface area contributed by atoms with Crippen LogP contribution in [0.2, 0.25) is 0 Å². The lowest BCUT2D eigenvalue weighted by atomic mass is 9.84. The SMILES string of the molecule is CC1[C@@H](O[C@H]2C(O)C(OS(=O)(=O)O)[C@H](O[C@@H]3C(COS(=O)(=O)O)O[C@H](C)C(C)[C@H]3O)O[C@H]2N=O)OC(COS(=O)(=O)O)[C@@H](O[C@@H]2OC(C(=O)O)[C@@H](O[C@H]3OC(COS(=O)(=O)O)[C@@H](O)[C@H](O)C3C)[C@H](O)C2C)[C@@H]1C. The van der Waals surface area contributed by atoms with E-state index in [2.05, 4.69) is 21.9 Å². The first-order chi connectivity index (χ1) is 33.5. The second-order valence-electron chi connectivity index (χ2n) is 18.0. The molecule has 10 N–H and O–H groups in total. The molecule has 426 valence electrons. The van der Waals surface area contributed by atoms with Crippen LogP contribution in [-0.4, -0.2) is 231 Å². The van der Waals surface area contributed by atoms with Crippen molar-refractivity contribution < 1.29 is 147 Å². The van der Waals surface area contributed by atoms with Gasteiger partial charge >= 0.3 is 47.6 Å². The molecular weight excluding hydrogens is 1090 g/mol. The number of ether oxygens (including phenoxy) is 9. The van der Waals surface area contributed by atoms with Gasteiger partial charge in [0.2, 0.25) is 6.23 Å². The fourth-order valence-corrected chi connectivity index (χ4v) is 10.1. The summed E-state index contributed by atoms with van der Waals surface area (Å²) in [6.45, 7) is 5.16. The van der Waals surface area contributed by atoms with Gasteiger partial charge in [0.1, 0.15) is 48.8 Å². The number of rotatable bonds is 21. The van der Waals surface area contributed by atoms with E-state index < -0.39 is 220 Å². The highest BCUT2D eigenvalue weighted by Gasteiger charge is 2.57. The third kappa shape index (κ3) is 15.8. The van der Waals surface area contributed by atoms with E-state index in [-0.39, 0.29) is 0 Å². The summed E-state index contributed by atoms with van der Waals surface area (Å²) in [5.74, 6) is -7.16. The van der Waals surface area contributed by atoms with E-state index in [0.717, 1.165) is 0 Å². The summed E-state index contributed by atoms with van der Waals surface area (Å²) in [7, 11) is -21.0. The van der Waals surface area contributed by atoms with Gasteiger partial charge in [-0.3, -0.25) is 18.2 Å². The van der Waals surface area contributed by atoms with Gasteiger partial charge in [-0.2, -0.15) is 33.7 Å². The highest BCUT2D eigenvalue weighted by atomic mass is 32.3. The molecule has 0 amide bonds. The first-order valence-corrected chi connectivity index (χ1v) is 27.3. The maximum absolute atomic E-state index is 12.7. The fourth-order valence-electron chi connectivity index (χ4n) is 8.66. The summed E-state index contributed by atoms with van der Waals surface area (Å²) in [5.41, 5.74) is 0. The van der Waals surface area contributed by atoms with Crippen molar-refractivity contribution in [2.45, 2.75) is 164 Å². The second kappa shape index (κ2) is 24.3. The average molecular weight is 1150 g/mol. The molecule has 25 atom stereocenters. The fraction of sp³-hybridized carbons (Fsp3) is 0.971. The molecule has 5 heterocycles. The number of carbonyl (C=O) groups is 1. The number of aliphatic hydroxyl groups excluding tert-OH is 5. The Balaban J connectivity index is 1.37. The van der Waals surface area contributed by atoms with Crippen LogP contribution >= 0.6 is 0 Å². The smallest absolute Gasteiger partial charge is 0.397 e. The molecule has 73 heavy (non-hydrogen) atoms. The van der Waals surface area contributed by atoms with Crippen molar-refractivity contribution in [2.24, 2.45) is 34.8 Å². The van der Waals surface area contributed by atoms with Crippen molar-refractivity contribution in [1.82, 2.24) is 0 Å². The summed E-state index contributed by atoms with van der Waals surface area (Å²) in [6, 6.07) is 0. The maximum atomic E-state index is 12.7. The van der Waals surface area contributed by atoms with E-state index in [0.29, 0.717) is 0 Å². The number of aliphatic carboxylic acids is 1. The lowest BCUT2D eigenvalue weighted by Gasteiger charge is -2.50. The molecule has 34 nitrogen and oxygen atoms in total. The molecule has 0 aromatic carbocycles. The summed E-state index contributed by atoms with van der Waals surface area (Å²) >= 11 is 0. The first-order valence-electron chi connectivity index (χ1n) is 21.9. The van der Waals surface area contributed by atoms with Gasteiger partial charge in [0.15, 0.2) is 37.4 Å². The molecule has 38 heteroatoms. The van der Waals surface area contributed by atoms with Gasteiger partial charge in [0.25, 0.3) is 0 Å². The molecule has 0 saturated carbocycles. The zero-order valence-electron chi connectivity index (χ0n) is 39.0. The van der Waals surface area contributed by atoms with Crippen LogP contribution in [0.5, 0.6) is 0 Å². The molecule has 0 bridgehead atoms. The van der Waals surface area contributed by atoms with Gasteiger partial charge in [-0.15, -0.1) is 4.91 Å². The standard InChI is InChI=1S/C35H59NO33S4/c1-10-11(2)32(66-27-23(41)28(69-73(54,55)56)35(68-30(27)36-44)64-25-18(9-59-72(51,52)53)60-15(6)12(3)20(25)38)62-17(8-58-71(48,49)50)24(10)63-34-14(5)21(39)26(29(67-34)31(42)43)65-33-13(4)19(37)22(40)16(61-33)7-57-70(45,46)47/h10-30,32-35,37-41H,7-9H2,1-6H3,(H,42,43)(H,45,46,47)(H,48,49,50)(H,51,52,53)(H,54,55,56)/t10-,11?,12?,13?,14?,15-,16?,17?,18?,19-,20-,21-,22-,23?,24+,25-,26+,27+,28?,29?,30-,32-,33-,34-,35-/m1/s1. The van der Waals surface area contributed by atoms with Crippen LogP contribution in [0, 0.1) is 34.5 Å². The third-order valence-corrected chi connectivity index (χ3v) is 14.9. The number of carboxylic acids is 1. The average Bonchev–Trinajstić information content (AvgIpc) is 3.27. The van der Waals surface area contributed by atoms with Crippen LogP contribution in [0.4, 0.5) is 0 Å². The lowest BCUT2D eigenvalue weighted by Crippen LogP contribution is -2.65. The van der Waals surface area contributed by atoms with Gasteiger partial charge in [0, 0.05) is 23.7 Å². The van der Waals surface area contributed by atoms with Crippen LogP contribution < -0.4 is 0 Å². The molecule has 5 rings (SSSR count). The normalized spacial score (nSPS) is 44.3. The maximum Gasteiger partial charge on any atom is 0.397 e. The van der Waals surface area contributed by atoms with Crippen LogP contribution in [0.3, 0.4) is 0 Å². The molecule has 0 aromatic rings. The van der Waals surface area contributed by atoms with Gasteiger partial charge in [-0.1, -0.05) is 34.6 Å². The van der Waals surface area contributed by atoms with Crippen molar-refractivity contribution >= 4 is 47.6 Å². The summed E-state index contributed by atoms with van der Waals surface area (Å²) in [6.07, 6.45) is -37.0. The van der Waals surface area contributed by atoms with Crippen LogP contribution in [0.15, 0.2) is 5.18 Å². The Morgan fingerprint density at radius 3 is 1.41 bits per heavy atom. The van der Waals surface area contributed by atoms with Crippen molar-refractivity contribution in [3.05, 3.63) is 4.91 Å². The van der Waals surface area contributed by atoms with E-state index in [1.54, 1.807) is 0 Å². The number of carboxylic acid groups (broad SMARTS) is 1. The molecule has 10 unspecified atom stereocenters. The van der Waals surface area contributed by atoms with Gasteiger partial charge < -0.3 is 73.3 Å². The van der Waals surface area contributed by atoms with Crippen molar-refractivity contribution in [3.8, 4) is 0 Å². The first kappa shape index (κ1) is 61.8. The van der Waals surface area contributed by atoms with Crippen LogP contribution in [-0.2, 0) is 106 Å². The number of aliphatic hydroxyl groups is 5. The minimum absolute atomic E-state index is 0.823. The Hall–Kier alpha value is -2.01. The Morgan fingerprint density at radius 1 is 0.452 bits per heavy atom. The third-order valence-electron chi connectivity index (χ3n) is 13.1. The van der Waals surface area contributed by atoms with Crippen molar-refractivity contribution in [1.29, 1.82) is 0 Å². The summed E-state index contributed by atoms with van der Waals surface area (Å²) in [5, 5.41) is 68.4. The van der Waals surface area contributed by atoms with E-state index in [9.17, 15) is 83.1 Å². The van der Waals surface area contributed by atoms with Crippen LogP contribution in [0.25, 0.3) is 0 Å². The molecule has 0 radical (unpaired) electrons. The van der Waals surface area contributed by atoms with Gasteiger partial charge in [-0.05, 0) is 18.0 Å². The van der Waals surface area contributed by atoms with E-state index in [1.165, 1.54) is 41.5 Å². The molecule has 5 aliphatic heterocycles. The van der Waals surface area contributed by atoms with Crippen LogP contribution in [0.1, 0.15) is 41.5 Å². The Kier molecular flexibility index (Phi) is 20.6. The Morgan fingerprint density at radius 2 is 0.890 bits per heavy atom. The molecule has 0 spiro atoms. The Labute approximate surface area is 417 Å². The highest BCUT2D eigenvalue weighted by Crippen LogP contribution is 2.41. The number of hydrogen-bond acceptors (Lipinski definition) is 29. The zero-order valence-corrected chi connectivity index (χ0v) is 42.3. The number of hydrogen-bond donors (Lipinski definition) is 10. The van der Waals surface area contributed by atoms with E-state index >= 15 is 0 Å². The summed E-state index contributed by atoms with van der Waals surface area (Å²) in [4.78, 5) is 25.0. The molecule has 0 aromatic heterocycles. The molecule has 5 aliphatic rings. The van der Waals surface area contributed by atoms with Gasteiger partial charge in [-0.25, -0.2) is 21.5 Å². The molecular formula is C35H59NO33S4. The van der Waals surface area contributed by atoms with Crippen molar-refractivity contribution in [2.75, 3.05) is 19.8 Å². The van der Waals surface area contributed by atoms with E-state index in [1.807, 2.05) is 0 Å².